The van der Waals surface area contributed by atoms with Crippen LogP contribution in [0.1, 0.15) is 44.9 Å². The van der Waals surface area contributed by atoms with Crippen molar-refractivity contribution in [3.05, 3.63) is 36.0 Å². The van der Waals surface area contributed by atoms with E-state index in [1.807, 2.05) is 5.32 Å². The van der Waals surface area contributed by atoms with Gasteiger partial charge in [0.15, 0.2) is 0 Å². The molecule has 3 aliphatic carbocycles. The van der Waals surface area contributed by atoms with Crippen molar-refractivity contribution >= 4 is 27.3 Å². The zero-order valence-electron chi connectivity index (χ0n) is 21.3. The van der Waals surface area contributed by atoms with E-state index in [9.17, 15) is 26.4 Å². The third-order valence-electron chi connectivity index (χ3n) is 7.94. The molecule has 4 rings (SSSR count). The number of aliphatic imine (C=N–C) groups is 1. The van der Waals surface area contributed by atoms with Gasteiger partial charge in [-0.3, -0.25) is 9.69 Å². The molecule has 0 spiro atoms. The minimum Gasteiger partial charge on any atom is -0.383 e. The maximum atomic E-state index is 12.7. The Hall–Kier alpha value is -2.48. The fourth-order valence-electron chi connectivity index (χ4n) is 5.53. The second-order valence-corrected chi connectivity index (χ2v) is 12.6. The summed E-state index contributed by atoms with van der Waals surface area (Å²) in [5.74, 6) is 0.583. The van der Waals surface area contributed by atoms with Crippen LogP contribution < -0.4 is 22.5 Å². The van der Waals surface area contributed by atoms with Crippen molar-refractivity contribution in [1.29, 1.82) is 0 Å². The van der Waals surface area contributed by atoms with Crippen molar-refractivity contribution < 1.29 is 31.7 Å². The Morgan fingerprint density at radius 3 is 2.13 bits per heavy atom. The maximum absolute atomic E-state index is 12.7. The Balaban J connectivity index is 1.40. The lowest BCUT2D eigenvalue weighted by atomic mass is 9.85. The van der Waals surface area contributed by atoms with E-state index in [0.717, 1.165) is 55.4 Å². The summed E-state index contributed by atoms with van der Waals surface area (Å²) in [6, 6.07) is 4.70. The number of nitrogens with two attached hydrogens (primary N) is 4. The molecule has 3 aliphatic rings. The normalized spacial score (nSPS) is 25.7. The molecule has 3 unspecified atom stereocenters. The second kappa shape index (κ2) is 10.9. The van der Waals surface area contributed by atoms with Crippen molar-refractivity contribution in [3.63, 3.8) is 0 Å². The predicted octanol–water partition coefficient (Wildman–Crippen LogP) is 1.27. The van der Waals surface area contributed by atoms with Gasteiger partial charge in [-0.1, -0.05) is 0 Å². The number of halogens is 3. The van der Waals surface area contributed by atoms with Crippen LogP contribution in [0.25, 0.3) is 0 Å². The molecule has 0 bridgehead atoms. The molecule has 13 heteroatoms. The molecule has 3 fully saturated rings. The fraction of sp³-hybridized carbons (Fsp3) is 0.600. The highest BCUT2D eigenvalue weighted by Gasteiger charge is 2.47. The first-order valence-corrected chi connectivity index (χ1v) is 14.4. The molecule has 38 heavy (non-hydrogen) atoms. The van der Waals surface area contributed by atoms with E-state index in [4.69, 9.17) is 17.2 Å². The van der Waals surface area contributed by atoms with Gasteiger partial charge in [-0.25, -0.2) is 13.4 Å². The molecule has 1 aromatic carbocycles. The van der Waals surface area contributed by atoms with E-state index in [-0.39, 0.29) is 29.2 Å². The van der Waals surface area contributed by atoms with Crippen molar-refractivity contribution in [1.82, 2.24) is 4.90 Å². The van der Waals surface area contributed by atoms with Crippen LogP contribution in [0.5, 0.6) is 0 Å². The Kier molecular flexibility index (Phi) is 8.22. The molecule has 3 atom stereocenters. The number of sulfone groups is 1. The van der Waals surface area contributed by atoms with Crippen LogP contribution in [0.4, 0.5) is 18.9 Å². The van der Waals surface area contributed by atoms with Crippen molar-refractivity contribution in [2.45, 2.75) is 79.5 Å². The van der Waals surface area contributed by atoms with Crippen LogP contribution in [0, 0.1) is 11.8 Å². The lowest BCUT2D eigenvalue weighted by molar-refractivity contribution is -0.632. The summed E-state index contributed by atoms with van der Waals surface area (Å²) in [5, 5.41) is 1.82. The van der Waals surface area contributed by atoms with Gasteiger partial charge in [0, 0.05) is 18.5 Å². The van der Waals surface area contributed by atoms with E-state index in [2.05, 4.69) is 16.9 Å². The minimum atomic E-state index is -5.48. The SMILES string of the molecule is CN(C1CCC([NH2+]C=C(C(N)=O)C(N)=Nc2ccc(S(=O)(=O)C(F)(F)F)cc2)C(N)C1)C(C1CC1)C1CC1. The molecule has 0 heterocycles. The smallest absolute Gasteiger partial charge is 0.383 e. The van der Waals surface area contributed by atoms with Gasteiger partial charge in [-0.2, -0.15) is 13.2 Å². The first-order chi connectivity index (χ1) is 17.8. The van der Waals surface area contributed by atoms with Crippen molar-refractivity contribution in [2.24, 2.45) is 34.0 Å². The number of carbonyl (C=O) groups excluding carboxylic acids is 1. The Morgan fingerprint density at radius 1 is 1.08 bits per heavy atom. The maximum Gasteiger partial charge on any atom is 0.501 e. The van der Waals surface area contributed by atoms with Crippen LogP contribution in [0.15, 0.2) is 45.9 Å². The third kappa shape index (κ3) is 6.38. The molecular formula is C25H36F3N6O3S+. The van der Waals surface area contributed by atoms with Gasteiger partial charge < -0.3 is 22.5 Å². The monoisotopic (exact) mass is 557 g/mol. The zero-order valence-corrected chi connectivity index (χ0v) is 22.1. The average Bonchev–Trinajstić information content (AvgIpc) is 3.75. The van der Waals surface area contributed by atoms with Gasteiger partial charge in [-0.05, 0) is 81.7 Å². The molecule has 0 aromatic heterocycles. The van der Waals surface area contributed by atoms with Crippen molar-refractivity contribution in [2.75, 3.05) is 7.05 Å². The number of hydrogen-bond acceptors (Lipinski definition) is 6. The average molecular weight is 558 g/mol. The van der Waals surface area contributed by atoms with Gasteiger partial charge in [0.1, 0.15) is 23.7 Å². The van der Waals surface area contributed by atoms with E-state index in [1.54, 1.807) is 0 Å². The zero-order chi connectivity index (χ0) is 27.8. The van der Waals surface area contributed by atoms with E-state index in [0.29, 0.717) is 12.1 Å². The molecule has 1 aromatic rings. The van der Waals surface area contributed by atoms with E-state index >= 15 is 0 Å². The quantitative estimate of drug-likeness (QED) is 0.192. The predicted molar refractivity (Wildman–Crippen MR) is 137 cm³/mol. The third-order valence-corrected chi connectivity index (χ3v) is 9.44. The van der Waals surface area contributed by atoms with E-state index in [1.165, 1.54) is 31.9 Å². The number of alkyl halides is 3. The highest BCUT2D eigenvalue weighted by Crippen LogP contribution is 2.48. The Bertz CT molecular complexity index is 1180. The van der Waals surface area contributed by atoms with Gasteiger partial charge in [0.2, 0.25) is 0 Å². The number of primary amides is 1. The summed E-state index contributed by atoms with van der Waals surface area (Å²) in [6.07, 6.45) is 9.48. The number of nitrogens with zero attached hydrogens (tertiary/aromatic N) is 2. The standard InChI is InChI=1S/C25H35F3N6O3S/c1-34(22(14-2-3-14)15-4-5-15)17-8-11-21(20(29)12-17)32-13-19(24(31)35)23(30)33-16-6-9-18(10-7-16)38(36,37)25(26,27)28/h6-7,9-10,13-15,17,20-22,32H,2-5,8,11-12,29H2,1H3,(H2,30,33)(H2,31,35)/p+1. The second-order valence-electron chi connectivity index (χ2n) is 10.7. The first kappa shape index (κ1) is 28.5. The highest BCUT2D eigenvalue weighted by atomic mass is 32.2. The molecular weight excluding hydrogens is 521 g/mol. The van der Waals surface area contributed by atoms with Gasteiger partial charge in [0.05, 0.1) is 16.6 Å². The molecule has 9 nitrogen and oxygen atoms in total. The summed E-state index contributed by atoms with van der Waals surface area (Å²) in [5.41, 5.74) is 12.6. The highest BCUT2D eigenvalue weighted by molar-refractivity contribution is 7.92. The number of quaternary nitrogens is 1. The number of hydrogen-bond donors (Lipinski definition) is 4. The number of rotatable bonds is 10. The number of amides is 1. The summed E-state index contributed by atoms with van der Waals surface area (Å²) in [4.78, 5) is 17.7. The summed E-state index contributed by atoms with van der Waals surface area (Å²) in [6.45, 7) is 0. The lowest BCUT2D eigenvalue weighted by Crippen LogP contribution is -2.89. The van der Waals surface area contributed by atoms with E-state index < -0.39 is 26.1 Å². The molecule has 0 saturated heterocycles. The number of amidine groups is 1. The Morgan fingerprint density at radius 2 is 1.66 bits per heavy atom. The molecule has 1 amide bonds. The van der Waals surface area contributed by atoms with Gasteiger partial charge in [-0.15, -0.1) is 0 Å². The van der Waals surface area contributed by atoms with Crippen LogP contribution in [0.2, 0.25) is 0 Å². The number of carbonyl (C=O) groups is 1. The summed E-state index contributed by atoms with van der Waals surface area (Å²) < 4.78 is 61.3. The molecule has 3 saturated carbocycles. The van der Waals surface area contributed by atoms with Crippen LogP contribution in [0.3, 0.4) is 0 Å². The lowest BCUT2D eigenvalue weighted by Gasteiger charge is -2.41. The first-order valence-electron chi connectivity index (χ1n) is 12.9. The summed E-state index contributed by atoms with van der Waals surface area (Å²) in [7, 11) is -3.25. The Labute approximate surface area is 220 Å². The molecule has 0 radical (unpaired) electrons. The molecule has 0 aliphatic heterocycles. The van der Waals surface area contributed by atoms with Gasteiger partial charge in [0.25, 0.3) is 15.7 Å². The summed E-state index contributed by atoms with van der Waals surface area (Å²) >= 11 is 0. The van der Waals surface area contributed by atoms with Crippen LogP contribution in [-0.2, 0) is 14.6 Å². The fourth-order valence-corrected chi connectivity index (χ4v) is 6.29. The van der Waals surface area contributed by atoms with Gasteiger partial charge >= 0.3 is 5.51 Å². The number of benzene rings is 1. The van der Waals surface area contributed by atoms with Crippen molar-refractivity contribution in [3.8, 4) is 0 Å². The molecule has 210 valence electrons. The van der Waals surface area contributed by atoms with Crippen LogP contribution >= 0.6 is 0 Å². The molecule has 8 N–H and O–H groups in total. The van der Waals surface area contributed by atoms with Crippen LogP contribution in [-0.4, -0.2) is 61.8 Å². The largest absolute Gasteiger partial charge is 0.501 e. The minimum absolute atomic E-state index is 0.0222. The topological polar surface area (TPSA) is 161 Å².